The number of rotatable bonds is 4. The predicted molar refractivity (Wildman–Crippen MR) is 95.8 cm³/mol. The SMILES string of the molecule is C=C1CC2(C1)CC(C1CCC(c3ccc(OCC)c(F)c3F)CC1)C2. The smallest absolute Gasteiger partial charge is 0.200 e. The van der Waals surface area contributed by atoms with Crippen molar-refractivity contribution in [1.82, 2.24) is 0 Å². The predicted octanol–water partition coefficient (Wildman–Crippen LogP) is 6.38. The summed E-state index contributed by atoms with van der Waals surface area (Å²) < 4.78 is 33.7. The lowest BCUT2D eigenvalue weighted by Gasteiger charge is -2.58. The highest BCUT2D eigenvalue weighted by Crippen LogP contribution is 2.63. The normalized spacial score (nSPS) is 28.5. The maximum absolute atomic E-state index is 14.4. The van der Waals surface area contributed by atoms with Gasteiger partial charge < -0.3 is 4.74 Å². The van der Waals surface area contributed by atoms with E-state index in [9.17, 15) is 8.78 Å². The highest BCUT2D eigenvalue weighted by molar-refractivity contribution is 5.33. The lowest BCUT2D eigenvalue weighted by atomic mass is 9.47. The van der Waals surface area contributed by atoms with E-state index in [0.717, 1.165) is 37.5 Å². The molecule has 0 radical (unpaired) electrons. The first-order valence-corrected chi connectivity index (χ1v) is 9.78. The largest absolute Gasteiger partial charge is 0.491 e. The number of halogens is 2. The van der Waals surface area contributed by atoms with Crippen molar-refractivity contribution in [2.45, 2.75) is 64.2 Å². The molecule has 0 heterocycles. The fourth-order valence-corrected chi connectivity index (χ4v) is 5.71. The number of ether oxygens (including phenoxy) is 1. The molecule has 1 spiro atoms. The average molecular weight is 346 g/mol. The highest BCUT2D eigenvalue weighted by Gasteiger charge is 2.51. The van der Waals surface area contributed by atoms with Crippen molar-refractivity contribution in [3.63, 3.8) is 0 Å². The van der Waals surface area contributed by atoms with Gasteiger partial charge in [0.15, 0.2) is 11.6 Å². The average Bonchev–Trinajstić information content (AvgIpc) is 2.55. The van der Waals surface area contributed by atoms with Gasteiger partial charge >= 0.3 is 0 Å². The topological polar surface area (TPSA) is 9.23 Å². The zero-order valence-electron chi connectivity index (χ0n) is 15.1. The van der Waals surface area contributed by atoms with Gasteiger partial charge in [-0.2, -0.15) is 4.39 Å². The summed E-state index contributed by atoms with van der Waals surface area (Å²) in [5, 5.41) is 0. The third kappa shape index (κ3) is 3.00. The van der Waals surface area contributed by atoms with E-state index >= 15 is 0 Å². The van der Waals surface area contributed by atoms with Gasteiger partial charge in [-0.05, 0) is 93.1 Å². The van der Waals surface area contributed by atoms with Gasteiger partial charge in [-0.25, -0.2) is 4.39 Å². The second-order valence-corrected chi connectivity index (χ2v) is 8.60. The summed E-state index contributed by atoms with van der Waals surface area (Å²) in [7, 11) is 0. The summed E-state index contributed by atoms with van der Waals surface area (Å²) in [6.07, 6.45) is 9.49. The Labute approximate surface area is 149 Å². The Hall–Kier alpha value is -1.38. The van der Waals surface area contributed by atoms with Crippen LogP contribution in [-0.4, -0.2) is 6.61 Å². The molecule has 3 aliphatic carbocycles. The lowest BCUT2D eigenvalue weighted by Crippen LogP contribution is -2.46. The van der Waals surface area contributed by atoms with Crippen LogP contribution in [0.3, 0.4) is 0 Å². The molecule has 0 aromatic heterocycles. The molecular formula is C22H28F2O. The number of allylic oxidation sites excluding steroid dienone is 1. The molecule has 136 valence electrons. The Balaban J connectivity index is 1.35. The summed E-state index contributed by atoms with van der Waals surface area (Å²) in [5.41, 5.74) is 2.58. The fourth-order valence-electron chi connectivity index (χ4n) is 5.71. The first kappa shape index (κ1) is 17.1. The number of benzene rings is 1. The van der Waals surface area contributed by atoms with Gasteiger partial charge in [0.25, 0.3) is 0 Å². The summed E-state index contributed by atoms with van der Waals surface area (Å²) >= 11 is 0. The highest BCUT2D eigenvalue weighted by atomic mass is 19.2. The lowest BCUT2D eigenvalue weighted by molar-refractivity contribution is -0.0274. The van der Waals surface area contributed by atoms with Crippen LogP contribution in [0.1, 0.15) is 69.8 Å². The quantitative estimate of drug-likeness (QED) is 0.574. The molecule has 0 amide bonds. The molecule has 4 rings (SSSR count). The Morgan fingerprint density at radius 3 is 2.32 bits per heavy atom. The summed E-state index contributed by atoms with van der Waals surface area (Å²) in [6.45, 7) is 6.20. The molecule has 0 atom stereocenters. The fraction of sp³-hybridized carbons (Fsp3) is 0.636. The minimum absolute atomic E-state index is 0.0271. The van der Waals surface area contributed by atoms with Crippen LogP contribution >= 0.6 is 0 Å². The van der Waals surface area contributed by atoms with E-state index in [-0.39, 0.29) is 11.7 Å². The summed E-state index contributed by atoms with van der Waals surface area (Å²) in [6, 6.07) is 3.31. The van der Waals surface area contributed by atoms with E-state index < -0.39 is 11.6 Å². The van der Waals surface area contributed by atoms with Gasteiger partial charge in [0.2, 0.25) is 5.82 Å². The van der Waals surface area contributed by atoms with Gasteiger partial charge in [-0.1, -0.05) is 18.2 Å². The molecule has 3 fully saturated rings. The zero-order chi connectivity index (χ0) is 17.6. The third-order valence-corrected chi connectivity index (χ3v) is 6.90. The Kier molecular flexibility index (Phi) is 4.37. The van der Waals surface area contributed by atoms with Crippen LogP contribution in [0.15, 0.2) is 24.3 Å². The van der Waals surface area contributed by atoms with E-state index in [1.165, 1.54) is 31.3 Å². The van der Waals surface area contributed by atoms with Crippen molar-refractivity contribution in [2.75, 3.05) is 6.61 Å². The second kappa shape index (κ2) is 6.41. The van der Waals surface area contributed by atoms with E-state index in [2.05, 4.69) is 6.58 Å². The van der Waals surface area contributed by atoms with Gasteiger partial charge in [0, 0.05) is 0 Å². The minimum Gasteiger partial charge on any atom is -0.491 e. The van der Waals surface area contributed by atoms with Crippen LogP contribution in [0.25, 0.3) is 0 Å². The van der Waals surface area contributed by atoms with Crippen molar-refractivity contribution >= 4 is 0 Å². The molecule has 0 saturated heterocycles. The van der Waals surface area contributed by atoms with E-state index in [0.29, 0.717) is 17.6 Å². The maximum atomic E-state index is 14.4. The number of hydrogen-bond acceptors (Lipinski definition) is 1. The van der Waals surface area contributed by atoms with Crippen LogP contribution in [0.4, 0.5) is 8.78 Å². The maximum Gasteiger partial charge on any atom is 0.200 e. The van der Waals surface area contributed by atoms with Gasteiger partial charge in [0.05, 0.1) is 6.61 Å². The molecule has 1 nitrogen and oxygen atoms in total. The third-order valence-electron chi connectivity index (χ3n) is 6.90. The molecule has 0 bridgehead atoms. The van der Waals surface area contributed by atoms with Crippen molar-refractivity contribution in [1.29, 1.82) is 0 Å². The molecule has 3 aliphatic rings. The standard InChI is InChI=1S/C22H28F2O/c1-3-25-19-9-8-18(20(23)21(19)24)16-6-4-15(5-7-16)17-12-22(13-17)10-14(2)11-22/h8-9,15-17H,2-7,10-13H2,1H3. The molecule has 25 heavy (non-hydrogen) atoms. The van der Waals surface area contributed by atoms with Crippen LogP contribution in [0, 0.1) is 28.9 Å². The Morgan fingerprint density at radius 2 is 1.72 bits per heavy atom. The van der Waals surface area contributed by atoms with Crippen LogP contribution in [-0.2, 0) is 0 Å². The molecule has 1 aromatic rings. The van der Waals surface area contributed by atoms with Gasteiger partial charge in [0.1, 0.15) is 0 Å². The van der Waals surface area contributed by atoms with Gasteiger partial charge in [-0.15, -0.1) is 0 Å². The Bertz CT molecular complexity index is 657. The zero-order valence-corrected chi connectivity index (χ0v) is 15.1. The summed E-state index contributed by atoms with van der Waals surface area (Å²) in [4.78, 5) is 0. The second-order valence-electron chi connectivity index (χ2n) is 8.60. The van der Waals surface area contributed by atoms with E-state index in [1.54, 1.807) is 19.1 Å². The molecule has 0 unspecified atom stereocenters. The van der Waals surface area contributed by atoms with Crippen molar-refractivity contribution < 1.29 is 13.5 Å². The van der Waals surface area contributed by atoms with Gasteiger partial charge in [-0.3, -0.25) is 0 Å². The first-order chi connectivity index (χ1) is 12.0. The van der Waals surface area contributed by atoms with Crippen molar-refractivity contribution in [2.24, 2.45) is 17.3 Å². The van der Waals surface area contributed by atoms with E-state index in [1.807, 2.05) is 0 Å². The molecule has 3 heteroatoms. The van der Waals surface area contributed by atoms with Crippen LogP contribution in [0.5, 0.6) is 5.75 Å². The van der Waals surface area contributed by atoms with Crippen molar-refractivity contribution in [3.8, 4) is 5.75 Å². The van der Waals surface area contributed by atoms with Crippen LogP contribution in [0.2, 0.25) is 0 Å². The molecule has 0 N–H and O–H groups in total. The monoisotopic (exact) mass is 346 g/mol. The molecule has 3 saturated carbocycles. The van der Waals surface area contributed by atoms with E-state index in [4.69, 9.17) is 4.74 Å². The first-order valence-electron chi connectivity index (χ1n) is 9.78. The number of hydrogen-bond donors (Lipinski definition) is 0. The van der Waals surface area contributed by atoms with Crippen molar-refractivity contribution in [3.05, 3.63) is 41.5 Å². The molecular weight excluding hydrogens is 318 g/mol. The Morgan fingerprint density at radius 1 is 1.04 bits per heavy atom. The summed E-state index contributed by atoms with van der Waals surface area (Å²) in [5.74, 6) is 0.290. The molecule has 0 aliphatic heterocycles. The van der Waals surface area contributed by atoms with Crippen LogP contribution < -0.4 is 4.74 Å². The molecule has 1 aromatic carbocycles. The minimum atomic E-state index is -0.826.